The first-order valence-corrected chi connectivity index (χ1v) is 8.11. The molecular weight excluding hydrogens is 298 g/mol. The number of carbonyl (C=O) groups excluding carboxylic acids is 1. The first-order chi connectivity index (χ1) is 9.16. The lowest BCUT2D eigenvalue weighted by Gasteiger charge is -2.12. The van der Waals surface area contributed by atoms with Crippen molar-refractivity contribution < 1.29 is 4.79 Å². The molecule has 19 heavy (non-hydrogen) atoms. The number of thioether (sulfide) groups is 1. The van der Waals surface area contributed by atoms with Gasteiger partial charge in [-0.05, 0) is 30.5 Å². The monoisotopic (exact) mass is 311 g/mol. The minimum absolute atomic E-state index is 0.0193. The summed E-state index contributed by atoms with van der Waals surface area (Å²) in [5.41, 5.74) is 0. The predicted octanol–water partition coefficient (Wildman–Crippen LogP) is 4.37. The minimum atomic E-state index is 0.0193. The van der Waals surface area contributed by atoms with Gasteiger partial charge in [0.2, 0.25) is 5.91 Å². The number of amides is 1. The smallest absolute Gasteiger partial charge is 0.230 e. The summed E-state index contributed by atoms with van der Waals surface area (Å²) in [6, 6.07) is 11.6. The topological polar surface area (TPSA) is 29.1 Å². The Morgan fingerprint density at radius 3 is 2.84 bits per heavy atom. The number of hydrogen-bond donors (Lipinski definition) is 1. The fourth-order valence-corrected chi connectivity index (χ4v) is 3.38. The van der Waals surface area contributed by atoms with Crippen molar-refractivity contribution in [2.24, 2.45) is 0 Å². The molecule has 1 N–H and O–H groups in total. The van der Waals surface area contributed by atoms with Crippen LogP contribution < -0.4 is 5.32 Å². The number of carbonyl (C=O) groups is 1. The van der Waals surface area contributed by atoms with Crippen LogP contribution in [0, 0.1) is 0 Å². The summed E-state index contributed by atoms with van der Waals surface area (Å²) < 4.78 is 0. The normalized spacial score (nSPS) is 12.1. The maximum absolute atomic E-state index is 11.9. The zero-order valence-electron chi connectivity index (χ0n) is 10.4. The Morgan fingerprint density at radius 1 is 1.37 bits per heavy atom. The molecule has 1 heterocycles. The Balaban J connectivity index is 1.84. The van der Waals surface area contributed by atoms with E-state index in [1.165, 1.54) is 11.8 Å². The van der Waals surface area contributed by atoms with E-state index in [9.17, 15) is 4.79 Å². The maximum Gasteiger partial charge on any atom is 0.230 e. The molecule has 0 fully saturated rings. The van der Waals surface area contributed by atoms with Gasteiger partial charge in [0.05, 0.1) is 16.8 Å². The summed E-state index contributed by atoms with van der Waals surface area (Å²) >= 11 is 9.14. The molecule has 2 aromatic rings. The third-order valence-corrected chi connectivity index (χ3v) is 5.11. The molecule has 0 aliphatic carbocycles. The standard InChI is InChI=1S/C14H14ClNOS2/c1-10(12-7-4-8-18-12)16-14(17)9-19-13-6-3-2-5-11(13)15/h2-8,10H,9H2,1H3,(H,16,17)/t10-/m0/s1. The van der Waals surface area contributed by atoms with Crippen molar-refractivity contribution in [3.8, 4) is 0 Å². The second-order valence-electron chi connectivity index (χ2n) is 4.02. The van der Waals surface area contributed by atoms with Crippen LogP contribution in [0.3, 0.4) is 0 Å². The third kappa shape index (κ3) is 4.27. The fraction of sp³-hybridized carbons (Fsp3) is 0.214. The number of rotatable bonds is 5. The van der Waals surface area contributed by atoms with Gasteiger partial charge in [0.25, 0.3) is 0 Å². The highest BCUT2D eigenvalue weighted by molar-refractivity contribution is 8.00. The van der Waals surface area contributed by atoms with Crippen LogP contribution >= 0.6 is 34.7 Å². The van der Waals surface area contributed by atoms with Crippen molar-refractivity contribution >= 4 is 40.6 Å². The van der Waals surface area contributed by atoms with Gasteiger partial charge in [-0.3, -0.25) is 4.79 Å². The van der Waals surface area contributed by atoms with Crippen molar-refractivity contribution in [3.63, 3.8) is 0 Å². The lowest BCUT2D eigenvalue weighted by molar-refractivity contribution is -0.119. The van der Waals surface area contributed by atoms with Crippen LogP contribution in [-0.2, 0) is 4.79 Å². The van der Waals surface area contributed by atoms with Crippen LogP contribution in [0.1, 0.15) is 17.8 Å². The van der Waals surface area contributed by atoms with Gasteiger partial charge in [0.15, 0.2) is 0 Å². The number of benzene rings is 1. The molecule has 2 nitrogen and oxygen atoms in total. The van der Waals surface area contributed by atoms with E-state index < -0.39 is 0 Å². The number of halogens is 1. The molecule has 1 aromatic heterocycles. The second-order valence-corrected chi connectivity index (χ2v) is 6.43. The Morgan fingerprint density at radius 2 is 2.16 bits per heavy atom. The van der Waals surface area contributed by atoms with Crippen LogP contribution in [0.15, 0.2) is 46.7 Å². The molecule has 0 spiro atoms. The van der Waals surface area contributed by atoms with Crippen molar-refractivity contribution in [3.05, 3.63) is 51.7 Å². The first-order valence-electron chi connectivity index (χ1n) is 5.87. The molecule has 0 aliphatic heterocycles. The SMILES string of the molecule is C[C@H](NC(=O)CSc1ccccc1Cl)c1cccs1. The van der Waals surface area contributed by atoms with Crippen molar-refractivity contribution in [1.82, 2.24) is 5.32 Å². The zero-order chi connectivity index (χ0) is 13.7. The van der Waals surface area contributed by atoms with Gasteiger partial charge in [-0.1, -0.05) is 29.8 Å². The van der Waals surface area contributed by atoms with Crippen molar-refractivity contribution in [2.45, 2.75) is 17.9 Å². The van der Waals surface area contributed by atoms with Gasteiger partial charge in [-0.2, -0.15) is 0 Å². The van der Waals surface area contributed by atoms with Crippen LogP contribution in [0.25, 0.3) is 0 Å². The average molecular weight is 312 g/mol. The van der Waals surface area contributed by atoms with E-state index >= 15 is 0 Å². The summed E-state index contributed by atoms with van der Waals surface area (Å²) in [5.74, 6) is 0.394. The summed E-state index contributed by atoms with van der Waals surface area (Å²) in [6.07, 6.45) is 0. The quantitative estimate of drug-likeness (QED) is 0.831. The molecular formula is C14H14ClNOS2. The molecule has 0 radical (unpaired) electrons. The molecule has 0 aliphatic rings. The number of hydrogen-bond acceptors (Lipinski definition) is 3. The molecule has 100 valence electrons. The summed E-state index contributed by atoms with van der Waals surface area (Å²) in [5, 5.41) is 5.68. The molecule has 5 heteroatoms. The maximum atomic E-state index is 11.9. The highest BCUT2D eigenvalue weighted by atomic mass is 35.5. The van der Waals surface area contributed by atoms with E-state index in [1.54, 1.807) is 11.3 Å². The summed E-state index contributed by atoms with van der Waals surface area (Å²) in [4.78, 5) is 14.0. The van der Waals surface area contributed by atoms with E-state index in [-0.39, 0.29) is 11.9 Å². The van der Waals surface area contributed by atoms with E-state index in [4.69, 9.17) is 11.6 Å². The van der Waals surface area contributed by atoms with Gasteiger partial charge >= 0.3 is 0 Å². The Labute approximate surface area is 126 Å². The molecule has 0 unspecified atom stereocenters. The van der Waals surface area contributed by atoms with E-state index in [2.05, 4.69) is 5.32 Å². The molecule has 0 bridgehead atoms. The average Bonchev–Trinajstić information content (AvgIpc) is 2.91. The molecule has 0 saturated heterocycles. The first kappa shape index (κ1) is 14.4. The van der Waals surface area contributed by atoms with Crippen molar-refractivity contribution in [2.75, 3.05) is 5.75 Å². The molecule has 0 saturated carbocycles. The number of nitrogens with one attached hydrogen (secondary N) is 1. The largest absolute Gasteiger partial charge is 0.348 e. The van der Waals surface area contributed by atoms with Crippen LogP contribution in [0.4, 0.5) is 0 Å². The Hall–Kier alpha value is -0.970. The minimum Gasteiger partial charge on any atom is -0.348 e. The van der Waals surface area contributed by atoms with E-state index in [0.29, 0.717) is 10.8 Å². The van der Waals surface area contributed by atoms with Gasteiger partial charge < -0.3 is 5.32 Å². The number of thiophene rings is 1. The Kier molecular flexibility index (Phi) is 5.31. The lowest BCUT2D eigenvalue weighted by atomic mass is 10.3. The fourth-order valence-electron chi connectivity index (χ4n) is 1.60. The summed E-state index contributed by atoms with van der Waals surface area (Å²) in [7, 11) is 0. The van der Waals surface area contributed by atoms with Crippen LogP contribution in [0.2, 0.25) is 5.02 Å². The van der Waals surface area contributed by atoms with Gasteiger partial charge in [0, 0.05) is 9.77 Å². The molecule has 1 atom stereocenters. The van der Waals surface area contributed by atoms with Crippen molar-refractivity contribution in [1.29, 1.82) is 0 Å². The van der Waals surface area contributed by atoms with Crippen LogP contribution in [0.5, 0.6) is 0 Å². The molecule has 2 rings (SSSR count). The van der Waals surface area contributed by atoms with Crippen LogP contribution in [-0.4, -0.2) is 11.7 Å². The zero-order valence-corrected chi connectivity index (χ0v) is 12.8. The van der Waals surface area contributed by atoms with Gasteiger partial charge in [-0.15, -0.1) is 23.1 Å². The second kappa shape index (κ2) is 6.98. The van der Waals surface area contributed by atoms with E-state index in [0.717, 1.165) is 9.77 Å². The predicted molar refractivity (Wildman–Crippen MR) is 83.1 cm³/mol. The lowest BCUT2D eigenvalue weighted by Crippen LogP contribution is -2.27. The Bertz CT molecular complexity index is 542. The van der Waals surface area contributed by atoms with Gasteiger partial charge in [0.1, 0.15) is 0 Å². The summed E-state index contributed by atoms with van der Waals surface area (Å²) in [6.45, 7) is 1.99. The van der Waals surface area contributed by atoms with E-state index in [1.807, 2.05) is 48.7 Å². The van der Waals surface area contributed by atoms with Gasteiger partial charge in [-0.25, -0.2) is 0 Å². The molecule has 1 amide bonds. The highest BCUT2D eigenvalue weighted by Gasteiger charge is 2.11. The molecule has 1 aromatic carbocycles. The highest BCUT2D eigenvalue weighted by Crippen LogP contribution is 2.26. The third-order valence-electron chi connectivity index (χ3n) is 2.54.